The van der Waals surface area contributed by atoms with Gasteiger partial charge in [0, 0.05) is 50.9 Å². The summed E-state index contributed by atoms with van der Waals surface area (Å²) in [4.78, 5) is 39.9. The molecule has 2 aliphatic rings. The average molecular weight is 356 g/mol. The van der Waals surface area contributed by atoms with Crippen molar-refractivity contribution >= 4 is 11.7 Å². The van der Waals surface area contributed by atoms with Crippen LogP contribution >= 0.6 is 0 Å². The fourth-order valence-corrected chi connectivity index (χ4v) is 4.08. The quantitative estimate of drug-likeness (QED) is 0.697. The van der Waals surface area contributed by atoms with Crippen molar-refractivity contribution in [1.82, 2.24) is 14.4 Å². The lowest BCUT2D eigenvalue weighted by Gasteiger charge is -2.42. The molecular formula is C19H24N4O3. The van der Waals surface area contributed by atoms with E-state index in [2.05, 4.69) is 4.90 Å². The highest BCUT2D eigenvalue weighted by atomic mass is 16.2. The number of ketones is 1. The lowest BCUT2D eigenvalue weighted by Crippen LogP contribution is -2.48. The molecule has 2 aliphatic heterocycles. The van der Waals surface area contributed by atoms with Gasteiger partial charge in [-0.1, -0.05) is 6.07 Å². The molecular weight excluding hydrogens is 332 g/mol. The van der Waals surface area contributed by atoms with Crippen molar-refractivity contribution in [1.29, 1.82) is 5.26 Å². The maximum Gasteiger partial charge on any atom is 0.250 e. The van der Waals surface area contributed by atoms with Crippen LogP contribution in [0.25, 0.3) is 0 Å². The number of hydrogen-bond donors (Lipinski definition) is 0. The molecule has 2 bridgehead atoms. The number of carbonyl (C=O) groups excluding carboxylic acids is 2. The Morgan fingerprint density at radius 1 is 1.31 bits per heavy atom. The van der Waals surface area contributed by atoms with Gasteiger partial charge in [0.1, 0.15) is 0 Å². The zero-order valence-corrected chi connectivity index (χ0v) is 15.1. The average Bonchev–Trinajstić information content (AvgIpc) is 2.60. The third-order valence-corrected chi connectivity index (χ3v) is 5.29. The fourth-order valence-electron chi connectivity index (χ4n) is 4.08. The lowest BCUT2D eigenvalue weighted by molar-refractivity contribution is -0.134. The molecule has 7 nitrogen and oxygen atoms in total. The number of nitrogens with zero attached hydrogens (tertiary/aromatic N) is 4. The summed E-state index contributed by atoms with van der Waals surface area (Å²) in [5.74, 6) is 0.296. The summed E-state index contributed by atoms with van der Waals surface area (Å²) in [5.41, 5.74) is 1.10. The van der Waals surface area contributed by atoms with E-state index in [0.717, 1.165) is 25.2 Å². The van der Waals surface area contributed by atoms with Crippen LogP contribution in [-0.4, -0.2) is 59.3 Å². The van der Waals surface area contributed by atoms with Crippen molar-refractivity contribution in [3.63, 3.8) is 0 Å². The van der Waals surface area contributed by atoms with Gasteiger partial charge in [-0.05, 0) is 18.4 Å². The van der Waals surface area contributed by atoms with Crippen molar-refractivity contribution in [3.05, 3.63) is 34.2 Å². The second-order valence-corrected chi connectivity index (χ2v) is 7.33. The van der Waals surface area contributed by atoms with Crippen molar-refractivity contribution in [2.24, 2.45) is 5.92 Å². The molecule has 26 heavy (non-hydrogen) atoms. The second kappa shape index (κ2) is 7.83. The van der Waals surface area contributed by atoms with Crippen LogP contribution in [0.2, 0.25) is 0 Å². The Bertz CT molecular complexity index is 795. The molecule has 0 aromatic carbocycles. The third kappa shape index (κ3) is 4.02. The van der Waals surface area contributed by atoms with Crippen molar-refractivity contribution < 1.29 is 9.59 Å². The van der Waals surface area contributed by atoms with E-state index in [1.54, 1.807) is 19.2 Å². The molecule has 0 spiro atoms. The Morgan fingerprint density at radius 2 is 2.12 bits per heavy atom. The van der Waals surface area contributed by atoms with E-state index < -0.39 is 0 Å². The number of pyridine rings is 1. The number of fused-ring (bicyclic) bond motifs is 4. The molecule has 1 amide bonds. The molecule has 2 atom stereocenters. The standard InChI is InChI=1S/C19H24N4O3/c1-21(7-3-6-20)19(26)9-16(24)13-22-10-14-8-15(12-22)17-4-2-5-18(25)23(17)11-14/h2,4-5,14-15H,3,7-13H2,1H3. The minimum atomic E-state index is -0.237. The van der Waals surface area contributed by atoms with Crippen molar-refractivity contribution in [2.75, 3.05) is 33.2 Å². The Balaban J connectivity index is 1.58. The number of likely N-dealkylation sites (tertiary alicyclic amines) is 1. The normalized spacial score (nSPS) is 21.5. The van der Waals surface area contributed by atoms with Crippen molar-refractivity contribution in [2.45, 2.75) is 31.7 Å². The number of rotatable bonds is 6. The highest BCUT2D eigenvalue weighted by Gasteiger charge is 2.35. The Labute approximate surface area is 152 Å². The highest BCUT2D eigenvalue weighted by molar-refractivity contribution is 5.98. The number of aromatic nitrogens is 1. The molecule has 2 unspecified atom stereocenters. The molecule has 0 saturated carbocycles. The molecule has 1 saturated heterocycles. The van der Waals surface area contributed by atoms with E-state index >= 15 is 0 Å². The Hall–Kier alpha value is -2.46. The minimum Gasteiger partial charge on any atom is -0.344 e. The minimum absolute atomic E-state index is 0.0488. The van der Waals surface area contributed by atoms with Gasteiger partial charge in [0.15, 0.2) is 5.78 Å². The maximum absolute atomic E-state index is 12.3. The number of Topliss-reactive ketones (excluding diaryl/α,β-unsaturated/α-hetero) is 1. The summed E-state index contributed by atoms with van der Waals surface area (Å²) in [6.07, 6.45) is 1.19. The number of carbonyl (C=O) groups is 2. The van der Waals surface area contributed by atoms with E-state index in [4.69, 9.17) is 5.26 Å². The van der Waals surface area contributed by atoms with Crippen LogP contribution < -0.4 is 5.56 Å². The van der Waals surface area contributed by atoms with Gasteiger partial charge in [0.05, 0.1) is 25.5 Å². The second-order valence-electron chi connectivity index (χ2n) is 7.33. The molecule has 1 aromatic heterocycles. The van der Waals surface area contributed by atoms with Gasteiger partial charge in [-0.25, -0.2) is 0 Å². The van der Waals surface area contributed by atoms with Crippen LogP contribution in [0.4, 0.5) is 0 Å². The molecule has 138 valence electrons. The number of nitriles is 1. The summed E-state index contributed by atoms with van der Waals surface area (Å²) in [6.45, 7) is 2.83. The molecule has 1 aromatic rings. The van der Waals surface area contributed by atoms with Gasteiger partial charge in [0.25, 0.3) is 5.56 Å². The monoisotopic (exact) mass is 356 g/mol. The lowest BCUT2D eigenvalue weighted by atomic mass is 9.83. The topological polar surface area (TPSA) is 86.4 Å². The molecule has 3 rings (SSSR count). The van der Waals surface area contributed by atoms with Gasteiger partial charge >= 0.3 is 0 Å². The zero-order valence-electron chi connectivity index (χ0n) is 15.1. The molecule has 0 radical (unpaired) electrons. The van der Waals surface area contributed by atoms with E-state index in [0.29, 0.717) is 19.0 Å². The largest absolute Gasteiger partial charge is 0.344 e. The predicted octanol–water partition coefficient (Wildman–Crippen LogP) is 0.599. The number of piperidine rings is 1. The van der Waals surface area contributed by atoms with Crippen LogP contribution in [0.1, 0.15) is 30.9 Å². The molecule has 1 fully saturated rings. The van der Waals surface area contributed by atoms with E-state index in [-0.39, 0.29) is 42.6 Å². The predicted molar refractivity (Wildman–Crippen MR) is 95.5 cm³/mol. The van der Waals surface area contributed by atoms with Gasteiger partial charge in [-0.3, -0.25) is 19.3 Å². The Morgan fingerprint density at radius 3 is 2.88 bits per heavy atom. The first kappa shape index (κ1) is 18.3. The van der Waals surface area contributed by atoms with Crippen molar-refractivity contribution in [3.8, 4) is 6.07 Å². The van der Waals surface area contributed by atoms with Gasteiger partial charge in [-0.15, -0.1) is 0 Å². The molecule has 7 heteroatoms. The van der Waals surface area contributed by atoms with Crippen LogP contribution in [-0.2, 0) is 16.1 Å². The Kier molecular flexibility index (Phi) is 5.52. The highest BCUT2D eigenvalue weighted by Crippen LogP contribution is 2.34. The van der Waals surface area contributed by atoms with E-state index in [9.17, 15) is 14.4 Å². The molecule has 3 heterocycles. The fraction of sp³-hybridized carbons (Fsp3) is 0.579. The maximum atomic E-state index is 12.3. The summed E-state index contributed by atoms with van der Waals surface area (Å²) in [5, 5.41) is 8.58. The summed E-state index contributed by atoms with van der Waals surface area (Å²) < 4.78 is 1.87. The van der Waals surface area contributed by atoms with Gasteiger partial charge in [0.2, 0.25) is 5.91 Å². The van der Waals surface area contributed by atoms with Crippen LogP contribution in [0.3, 0.4) is 0 Å². The van der Waals surface area contributed by atoms with Crippen LogP contribution in [0, 0.1) is 17.2 Å². The number of hydrogen-bond acceptors (Lipinski definition) is 5. The smallest absolute Gasteiger partial charge is 0.250 e. The van der Waals surface area contributed by atoms with Crippen LogP contribution in [0.5, 0.6) is 0 Å². The molecule has 0 aliphatic carbocycles. The number of amides is 1. The third-order valence-electron chi connectivity index (χ3n) is 5.29. The van der Waals surface area contributed by atoms with E-state index in [1.165, 1.54) is 4.90 Å². The first-order chi connectivity index (χ1) is 12.5. The zero-order chi connectivity index (χ0) is 18.7. The van der Waals surface area contributed by atoms with Crippen LogP contribution in [0.15, 0.2) is 23.0 Å². The summed E-state index contributed by atoms with van der Waals surface area (Å²) in [6, 6.07) is 7.39. The summed E-state index contributed by atoms with van der Waals surface area (Å²) >= 11 is 0. The van der Waals surface area contributed by atoms with Gasteiger partial charge in [-0.2, -0.15) is 5.26 Å². The molecule has 0 N–H and O–H groups in total. The van der Waals surface area contributed by atoms with E-state index in [1.807, 2.05) is 16.7 Å². The first-order valence-electron chi connectivity index (χ1n) is 9.02. The summed E-state index contributed by atoms with van der Waals surface area (Å²) in [7, 11) is 1.62. The van der Waals surface area contributed by atoms with Gasteiger partial charge < -0.3 is 9.47 Å². The first-order valence-corrected chi connectivity index (χ1v) is 9.02. The SMILES string of the molecule is CN(CCC#N)C(=O)CC(=O)CN1CC2CC(C1)c1cccc(=O)n1C2.